The highest BCUT2D eigenvalue weighted by Gasteiger charge is 2.20. The maximum absolute atomic E-state index is 9.19. The van der Waals surface area contributed by atoms with E-state index in [0.717, 1.165) is 17.4 Å². The van der Waals surface area contributed by atoms with Crippen molar-refractivity contribution in [3.63, 3.8) is 0 Å². The Hall–Kier alpha value is -1.02. The van der Waals surface area contributed by atoms with Crippen molar-refractivity contribution in [2.75, 3.05) is 18.0 Å². The Morgan fingerprint density at radius 1 is 1.26 bits per heavy atom. The Morgan fingerprint density at radius 3 is 2.68 bits per heavy atom. The fraction of sp³-hybridized carbons (Fsp3) is 0.647. The van der Waals surface area contributed by atoms with Crippen molar-refractivity contribution >= 4 is 5.69 Å². The Labute approximate surface area is 117 Å². The molecule has 1 unspecified atom stereocenters. The number of aliphatic hydroxyl groups excluding tert-OH is 1. The lowest BCUT2D eigenvalue weighted by atomic mass is 9.89. The van der Waals surface area contributed by atoms with Gasteiger partial charge in [0.25, 0.3) is 0 Å². The van der Waals surface area contributed by atoms with Gasteiger partial charge in [-0.2, -0.15) is 0 Å². The Morgan fingerprint density at radius 2 is 2.05 bits per heavy atom. The van der Waals surface area contributed by atoms with E-state index in [9.17, 15) is 5.11 Å². The summed E-state index contributed by atoms with van der Waals surface area (Å²) in [5.74, 6) is 1.68. The number of benzene rings is 1. The van der Waals surface area contributed by atoms with Crippen LogP contribution in [0.5, 0.6) is 0 Å². The van der Waals surface area contributed by atoms with Crippen LogP contribution < -0.4 is 4.90 Å². The molecule has 2 rings (SSSR count). The van der Waals surface area contributed by atoms with Crippen LogP contribution in [-0.4, -0.2) is 18.2 Å². The van der Waals surface area contributed by atoms with Crippen LogP contribution in [0.1, 0.15) is 44.2 Å². The van der Waals surface area contributed by atoms with Crippen molar-refractivity contribution in [2.45, 2.75) is 46.6 Å². The van der Waals surface area contributed by atoms with Crippen molar-refractivity contribution in [1.82, 2.24) is 0 Å². The number of nitrogens with zero attached hydrogens (tertiary/aromatic N) is 1. The molecule has 2 nitrogen and oxygen atoms in total. The predicted molar refractivity (Wildman–Crippen MR) is 81.5 cm³/mol. The Bertz CT molecular complexity index is 414. The first-order valence-electron chi connectivity index (χ1n) is 7.57. The fourth-order valence-corrected chi connectivity index (χ4v) is 3.20. The summed E-state index contributed by atoms with van der Waals surface area (Å²) in [5, 5.41) is 9.19. The molecule has 1 atom stereocenters. The average Bonchev–Trinajstić information content (AvgIpc) is 2.64. The minimum absolute atomic E-state index is 0.135. The van der Waals surface area contributed by atoms with Crippen LogP contribution in [0, 0.1) is 18.8 Å². The number of aryl methyl sites for hydroxylation is 1. The van der Waals surface area contributed by atoms with Gasteiger partial charge in [0, 0.05) is 18.8 Å². The highest BCUT2D eigenvalue weighted by atomic mass is 16.3. The number of anilines is 1. The van der Waals surface area contributed by atoms with E-state index in [1.54, 1.807) is 0 Å². The van der Waals surface area contributed by atoms with Gasteiger partial charge in [-0.25, -0.2) is 0 Å². The molecule has 106 valence electrons. The van der Waals surface area contributed by atoms with E-state index >= 15 is 0 Å². The van der Waals surface area contributed by atoms with Gasteiger partial charge in [0.05, 0.1) is 6.61 Å². The molecular weight excluding hydrogens is 234 g/mol. The zero-order valence-corrected chi connectivity index (χ0v) is 12.5. The van der Waals surface area contributed by atoms with Gasteiger partial charge in [0.2, 0.25) is 0 Å². The number of aliphatic hydroxyl groups is 1. The smallest absolute Gasteiger partial charge is 0.0681 e. The van der Waals surface area contributed by atoms with Crippen LogP contribution in [0.4, 0.5) is 5.69 Å². The zero-order chi connectivity index (χ0) is 13.8. The molecule has 0 aromatic heterocycles. The van der Waals surface area contributed by atoms with Gasteiger partial charge in [0.15, 0.2) is 0 Å². The predicted octanol–water partition coefficient (Wildman–Crippen LogP) is 3.75. The molecule has 0 amide bonds. The van der Waals surface area contributed by atoms with E-state index in [-0.39, 0.29) is 6.61 Å². The first-order chi connectivity index (χ1) is 9.11. The van der Waals surface area contributed by atoms with Crippen LogP contribution in [0.3, 0.4) is 0 Å². The zero-order valence-electron chi connectivity index (χ0n) is 12.5. The van der Waals surface area contributed by atoms with Gasteiger partial charge in [-0.1, -0.05) is 26.0 Å². The molecule has 0 radical (unpaired) electrons. The molecule has 1 fully saturated rings. The molecule has 2 heteroatoms. The average molecular weight is 261 g/mol. The molecule has 1 aromatic rings. The van der Waals surface area contributed by atoms with E-state index in [0.29, 0.717) is 0 Å². The van der Waals surface area contributed by atoms with E-state index in [2.05, 4.69) is 37.8 Å². The second-order valence-corrected chi connectivity index (χ2v) is 6.20. The molecule has 0 spiro atoms. The summed E-state index contributed by atoms with van der Waals surface area (Å²) in [7, 11) is 0. The highest BCUT2D eigenvalue weighted by Crippen LogP contribution is 2.29. The molecule has 1 saturated heterocycles. The van der Waals surface area contributed by atoms with Crippen LogP contribution in [0.2, 0.25) is 0 Å². The largest absolute Gasteiger partial charge is 0.392 e. The summed E-state index contributed by atoms with van der Waals surface area (Å²) in [6.45, 7) is 9.32. The molecule has 0 bridgehead atoms. The summed E-state index contributed by atoms with van der Waals surface area (Å²) in [6, 6.07) is 6.34. The normalized spacial score (nSPS) is 20.7. The minimum atomic E-state index is 0.135. The third-order valence-corrected chi connectivity index (χ3v) is 4.50. The lowest BCUT2D eigenvalue weighted by molar-refractivity contribution is 0.282. The first kappa shape index (κ1) is 14.4. The van der Waals surface area contributed by atoms with Crippen molar-refractivity contribution < 1.29 is 5.11 Å². The van der Waals surface area contributed by atoms with Crippen molar-refractivity contribution in [3.8, 4) is 0 Å². The summed E-state index contributed by atoms with van der Waals surface area (Å²) < 4.78 is 0. The Kier molecular flexibility index (Phi) is 4.87. The van der Waals surface area contributed by atoms with Crippen LogP contribution in [0.25, 0.3) is 0 Å². The third kappa shape index (κ3) is 3.50. The number of hydrogen-bond acceptors (Lipinski definition) is 2. The molecule has 1 aromatic carbocycles. The van der Waals surface area contributed by atoms with Crippen molar-refractivity contribution in [2.24, 2.45) is 11.8 Å². The summed E-state index contributed by atoms with van der Waals surface area (Å²) in [5.41, 5.74) is 3.65. The lowest BCUT2D eigenvalue weighted by Gasteiger charge is -2.25. The van der Waals surface area contributed by atoms with E-state index in [1.165, 1.54) is 43.6 Å². The van der Waals surface area contributed by atoms with Crippen LogP contribution >= 0.6 is 0 Å². The van der Waals surface area contributed by atoms with Gasteiger partial charge in [-0.15, -0.1) is 0 Å². The van der Waals surface area contributed by atoms with Gasteiger partial charge in [-0.05, 0) is 55.2 Å². The molecule has 1 N–H and O–H groups in total. The molecule has 19 heavy (non-hydrogen) atoms. The summed E-state index contributed by atoms with van der Waals surface area (Å²) in [4.78, 5) is 2.53. The maximum Gasteiger partial charge on any atom is 0.0681 e. The van der Waals surface area contributed by atoms with E-state index < -0.39 is 0 Å². The monoisotopic (exact) mass is 261 g/mol. The van der Waals surface area contributed by atoms with Crippen molar-refractivity contribution in [3.05, 3.63) is 29.3 Å². The van der Waals surface area contributed by atoms with Gasteiger partial charge < -0.3 is 10.0 Å². The topological polar surface area (TPSA) is 23.5 Å². The van der Waals surface area contributed by atoms with E-state index in [1.807, 2.05) is 6.07 Å². The SMILES string of the molecule is Cc1cc(CO)ccc1N1CCCC(C(C)C)CC1. The minimum Gasteiger partial charge on any atom is -0.392 e. The second kappa shape index (κ2) is 6.42. The van der Waals surface area contributed by atoms with Gasteiger partial charge in [0.1, 0.15) is 0 Å². The molecule has 0 saturated carbocycles. The quantitative estimate of drug-likeness (QED) is 0.895. The summed E-state index contributed by atoms with van der Waals surface area (Å²) >= 11 is 0. The standard InChI is InChI=1S/C17H27NO/c1-13(2)16-5-4-9-18(10-8-16)17-7-6-15(12-19)11-14(17)3/h6-7,11,13,16,19H,4-5,8-10,12H2,1-3H3. The van der Waals surface area contributed by atoms with Crippen LogP contribution in [-0.2, 0) is 6.61 Å². The highest BCUT2D eigenvalue weighted by molar-refractivity contribution is 5.54. The molecule has 0 aliphatic carbocycles. The Balaban J connectivity index is 2.10. The number of rotatable bonds is 3. The maximum atomic E-state index is 9.19. The van der Waals surface area contributed by atoms with Gasteiger partial charge >= 0.3 is 0 Å². The molecular formula is C17H27NO. The first-order valence-corrected chi connectivity index (χ1v) is 7.57. The molecule has 1 heterocycles. The second-order valence-electron chi connectivity index (χ2n) is 6.20. The lowest BCUT2D eigenvalue weighted by Crippen LogP contribution is -2.25. The van der Waals surface area contributed by atoms with Gasteiger partial charge in [-0.3, -0.25) is 0 Å². The molecule has 1 aliphatic heterocycles. The summed E-state index contributed by atoms with van der Waals surface area (Å²) in [6.07, 6.45) is 3.96. The van der Waals surface area contributed by atoms with E-state index in [4.69, 9.17) is 0 Å². The number of hydrogen-bond donors (Lipinski definition) is 1. The van der Waals surface area contributed by atoms with Crippen LogP contribution in [0.15, 0.2) is 18.2 Å². The van der Waals surface area contributed by atoms with Crippen molar-refractivity contribution in [1.29, 1.82) is 0 Å². The third-order valence-electron chi connectivity index (χ3n) is 4.50. The molecule has 1 aliphatic rings. The fourth-order valence-electron chi connectivity index (χ4n) is 3.20.